The Morgan fingerprint density at radius 3 is 2.56 bits per heavy atom. The van der Waals surface area contributed by atoms with E-state index in [1.165, 1.54) is 36.0 Å². The third kappa shape index (κ3) is 2.50. The summed E-state index contributed by atoms with van der Waals surface area (Å²) in [5.74, 6) is 0.154. The Kier molecular flexibility index (Phi) is 3.31. The molecule has 0 aliphatic rings. The summed E-state index contributed by atoms with van der Waals surface area (Å²) in [6, 6.07) is 11.2. The van der Waals surface area contributed by atoms with Crippen molar-refractivity contribution in [2.45, 2.75) is 9.79 Å². The lowest BCUT2D eigenvalue weighted by Gasteiger charge is -2.07. The summed E-state index contributed by atoms with van der Waals surface area (Å²) in [6.07, 6.45) is 0. The van der Waals surface area contributed by atoms with Crippen molar-refractivity contribution in [3.05, 3.63) is 42.0 Å². The number of phenolic OH excluding ortho intramolecular Hbond substituents is 2. The fraction of sp³-hybridized carbons (Fsp3) is 0. The molecule has 0 unspecified atom stereocenters. The third-order valence-electron chi connectivity index (χ3n) is 2.29. The van der Waals surface area contributed by atoms with Crippen molar-refractivity contribution < 1.29 is 10.2 Å². The zero-order valence-electron chi connectivity index (χ0n) is 9.29. The Morgan fingerprint density at radius 1 is 1.06 bits per heavy atom. The summed E-state index contributed by atoms with van der Waals surface area (Å²) in [4.78, 5) is 1.11. The number of rotatable bonds is 2. The molecule has 0 heterocycles. The third-order valence-corrected chi connectivity index (χ3v) is 3.39. The van der Waals surface area contributed by atoms with Gasteiger partial charge in [-0.15, -0.1) is 0 Å². The predicted octanol–water partition coefficient (Wildman–Crippen LogP) is 2.70. The summed E-state index contributed by atoms with van der Waals surface area (Å²) < 4.78 is 0. The van der Waals surface area contributed by atoms with Gasteiger partial charge < -0.3 is 15.9 Å². The number of hydrogen-bond acceptors (Lipinski definition) is 5. The van der Waals surface area contributed by atoms with Crippen molar-refractivity contribution in [1.82, 2.24) is 0 Å². The number of benzene rings is 2. The maximum Gasteiger partial charge on any atom is 0.129 e. The van der Waals surface area contributed by atoms with Crippen LogP contribution in [0.2, 0.25) is 0 Å². The standard InChI is InChI=1S/C13H10N2O2S/c14-7-8-1-3-10(16)6-12(8)18-13-5-9(15)2-4-11(13)17/h1-6,16-17H,15H2. The van der Waals surface area contributed by atoms with Gasteiger partial charge in [-0.3, -0.25) is 0 Å². The van der Waals surface area contributed by atoms with Crippen LogP contribution in [0, 0.1) is 11.3 Å². The van der Waals surface area contributed by atoms with Gasteiger partial charge in [-0.25, -0.2) is 0 Å². The summed E-state index contributed by atoms with van der Waals surface area (Å²) in [5, 5.41) is 28.1. The van der Waals surface area contributed by atoms with Crippen molar-refractivity contribution in [1.29, 1.82) is 5.26 Å². The molecule has 2 aromatic carbocycles. The number of nitrogen functional groups attached to an aromatic ring is 1. The fourth-order valence-corrected chi connectivity index (χ4v) is 2.43. The van der Waals surface area contributed by atoms with Crippen molar-refractivity contribution in [3.8, 4) is 17.6 Å². The van der Waals surface area contributed by atoms with E-state index in [9.17, 15) is 10.2 Å². The normalized spacial score (nSPS) is 9.94. The van der Waals surface area contributed by atoms with Crippen molar-refractivity contribution in [2.75, 3.05) is 5.73 Å². The van der Waals surface area contributed by atoms with E-state index in [-0.39, 0.29) is 11.5 Å². The second-order valence-corrected chi connectivity index (χ2v) is 4.71. The highest BCUT2D eigenvalue weighted by molar-refractivity contribution is 7.99. The molecular formula is C13H10N2O2S. The van der Waals surface area contributed by atoms with Crippen molar-refractivity contribution in [3.63, 3.8) is 0 Å². The lowest BCUT2D eigenvalue weighted by atomic mass is 10.2. The molecule has 0 aromatic heterocycles. The molecule has 0 bridgehead atoms. The molecule has 2 rings (SSSR count). The van der Waals surface area contributed by atoms with Crippen LogP contribution in [0.25, 0.3) is 0 Å². The van der Waals surface area contributed by atoms with E-state index in [4.69, 9.17) is 11.0 Å². The number of hydrogen-bond donors (Lipinski definition) is 3. The van der Waals surface area contributed by atoms with E-state index in [0.717, 1.165) is 0 Å². The molecule has 4 N–H and O–H groups in total. The maximum atomic E-state index is 9.71. The predicted molar refractivity (Wildman–Crippen MR) is 69.5 cm³/mol. The number of aromatic hydroxyl groups is 2. The van der Waals surface area contributed by atoms with Gasteiger partial charge in [-0.05, 0) is 36.4 Å². The molecule has 5 heteroatoms. The Balaban J connectivity index is 2.43. The highest BCUT2D eigenvalue weighted by Gasteiger charge is 2.09. The van der Waals surface area contributed by atoms with Gasteiger partial charge in [0.05, 0.1) is 10.5 Å². The lowest BCUT2D eigenvalue weighted by Crippen LogP contribution is -1.86. The minimum atomic E-state index is 0.0693. The van der Waals surface area contributed by atoms with Crippen molar-refractivity contribution >= 4 is 17.4 Å². The van der Waals surface area contributed by atoms with Gasteiger partial charge in [0.15, 0.2) is 0 Å². The minimum Gasteiger partial charge on any atom is -0.508 e. The Labute approximate surface area is 108 Å². The van der Waals surface area contributed by atoms with Crippen LogP contribution in [0.4, 0.5) is 5.69 Å². The zero-order valence-corrected chi connectivity index (χ0v) is 10.1. The second-order valence-electron chi connectivity index (χ2n) is 3.62. The summed E-state index contributed by atoms with van der Waals surface area (Å²) >= 11 is 1.18. The van der Waals surface area contributed by atoms with E-state index in [1.54, 1.807) is 12.1 Å². The first-order valence-corrected chi connectivity index (χ1v) is 5.91. The Bertz CT molecular complexity index is 635. The number of nitrogens with zero attached hydrogens (tertiary/aromatic N) is 1. The van der Waals surface area contributed by atoms with Crippen LogP contribution in [0.3, 0.4) is 0 Å². The Hall–Kier alpha value is -2.32. The number of nitrogens with two attached hydrogens (primary N) is 1. The molecule has 2 aromatic rings. The SMILES string of the molecule is N#Cc1ccc(O)cc1Sc1cc(N)ccc1O. The molecule has 0 saturated heterocycles. The topological polar surface area (TPSA) is 90.3 Å². The monoisotopic (exact) mass is 258 g/mol. The van der Waals surface area contributed by atoms with Crippen LogP contribution in [0.5, 0.6) is 11.5 Å². The van der Waals surface area contributed by atoms with Gasteiger partial charge in [-0.1, -0.05) is 11.8 Å². The molecule has 18 heavy (non-hydrogen) atoms. The van der Waals surface area contributed by atoms with E-state index in [0.29, 0.717) is 21.0 Å². The summed E-state index contributed by atoms with van der Waals surface area (Å²) in [5.41, 5.74) is 6.60. The van der Waals surface area contributed by atoms with Crippen molar-refractivity contribution in [2.24, 2.45) is 0 Å². The van der Waals surface area contributed by atoms with E-state index < -0.39 is 0 Å². The molecule has 0 radical (unpaired) electrons. The molecule has 0 saturated carbocycles. The van der Waals surface area contributed by atoms with Gasteiger partial charge in [0.2, 0.25) is 0 Å². The number of anilines is 1. The molecule has 0 fully saturated rings. The summed E-state index contributed by atoms with van der Waals surface area (Å²) in [7, 11) is 0. The largest absolute Gasteiger partial charge is 0.508 e. The van der Waals surface area contributed by atoms with Crippen LogP contribution < -0.4 is 5.73 Å². The van der Waals surface area contributed by atoms with Gasteiger partial charge >= 0.3 is 0 Å². The first kappa shape index (κ1) is 12.1. The van der Waals surface area contributed by atoms with Crippen LogP contribution >= 0.6 is 11.8 Å². The smallest absolute Gasteiger partial charge is 0.129 e. The molecule has 0 amide bonds. The molecule has 0 aliphatic heterocycles. The van der Waals surface area contributed by atoms with Gasteiger partial charge in [0.25, 0.3) is 0 Å². The van der Waals surface area contributed by atoms with E-state index >= 15 is 0 Å². The zero-order chi connectivity index (χ0) is 13.1. The van der Waals surface area contributed by atoms with Crippen LogP contribution in [0.1, 0.15) is 5.56 Å². The maximum absolute atomic E-state index is 9.71. The highest BCUT2D eigenvalue weighted by Crippen LogP contribution is 2.38. The highest BCUT2D eigenvalue weighted by atomic mass is 32.2. The molecule has 90 valence electrons. The quantitative estimate of drug-likeness (QED) is 0.569. The van der Waals surface area contributed by atoms with Gasteiger partial charge in [0, 0.05) is 10.6 Å². The number of nitriles is 1. The van der Waals surface area contributed by atoms with Gasteiger partial charge in [-0.2, -0.15) is 5.26 Å². The molecular weight excluding hydrogens is 248 g/mol. The molecule has 0 atom stereocenters. The van der Waals surface area contributed by atoms with E-state index in [2.05, 4.69) is 0 Å². The average molecular weight is 258 g/mol. The number of phenols is 2. The average Bonchev–Trinajstić information content (AvgIpc) is 2.34. The second kappa shape index (κ2) is 4.90. The molecule has 4 nitrogen and oxygen atoms in total. The lowest BCUT2D eigenvalue weighted by molar-refractivity contribution is 0.462. The molecule has 0 aliphatic carbocycles. The molecule has 0 spiro atoms. The van der Waals surface area contributed by atoms with Gasteiger partial charge in [0.1, 0.15) is 17.6 Å². The van der Waals surface area contributed by atoms with Crippen LogP contribution in [-0.4, -0.2) is 10.2 Å². The first-order valence-electron chi connectivity index (χ1n) is 5.09. The van der Waals surface area contributed by atoms with Crippen LogP contribution in [0.15, 0.2) is 46.2 Å². The Morgan fingerprint density at radius 2 is 1.83 bits per heavy atom. The fourth-order valence-electron chi connectivity index (χ4n) is 1.42. The summed E-state index contributed by atoms with van der Waals surface area (Å²) in [6.45, 7) is 0. The van der Waals surface area contributed by atoms with E-state index in [1.807, 2.05) is 6.07 Å². The minimum absolute atomic E-state index is 0.0693. The first-order chi connectivity index (χ1) is 8.60. The van der Waals surface area contributed by atoms with Crippen LogP contribution in [-0.2, 0) is 0 Å².